The van der Waals surface area contributed by atoms with Crippen LogP contribution in [-0.4, -0.2) is 48.8 Å². The molecule has 1 aliphatic rings. The third kappa shape index (κ3) is 9.51. The Morgan fingerprint density at radius 3 is 2.59 bits per heavy atom. The van der Waals surface area contributed by atoms with E-state index in [0.29, 0.717) is 12.5 Å². The standard InChI is InChI=1S/C22H39N5O.HI/c1-4-6-19(11-14-28)15-25-22(23-5-2)26-17-20-7-8-21(24-16-20)27-12-9-18(3)10-13-27;/h7-8,16,18-19,28H,4-6,9-15,17H2,1-3H3,(H2,23,25,26);1H. The predicted octanol–water partition coefficient (Wildman–Crippen LogP) is 3.79. The number of anilines is 1. The molecule has 0 amide bonds. The van der Waals surface area contributed by atoms with Gasteiger partial charge in [-0.05, 0) is 56.1 Å². The normalized spacial score (nSPS) is 16.3. The van der Waals surface area contributed by atoms with Crippen molar-refractivity contribution in [3.8, 4) is 0 Å². The molecule has 1 aromatic heterocycles. The lowest BCUT2D eigenvalue weighted by atomic mass is 9.99. The highest BCUT2D eigenvalue weighted by Gasteiger charge is 2.16. The Hall–Kier alpha value is -1.09. The molecule has 1 atom stereocenters. The molecule has 1 aromatic rings. The summed E-state index contributed by atoms with van der Waals surface area (Å²) in [5.74, 6) is 3.22. The van der Waals surface area contributed by atoms with Crippen LogP contribution in [0.4, 0.5) is 5.82 Å². The van der Waals surface area contributed by atoms with E-state index in [1.54, 1.807) is 0 Å². The van der Waals surface area contributed by atoms with Crippen LogP contribution in [0.2, 0.25) is 0 Å². The van der Waals surface area contributed by atoms with Gasteiger partial charge >= 0.3 is 0 Å². The molecule has 3 N–H and O–H groups in total. The molecule has 1 saturated heterocycles. The van der Waals surface area contributed by atoms with E-state index >= 15 is 0 Å². The first-order valence-corrected chi connectivity index (χ1v) is 11.0. The summed E-state index contributed by atoms with van der Waals surface area (Å²) < 4.78 is 0. The molecule has 0 spiro atoms. The van der Waals surface area contributed by atoms with Gasteiger partial charge in [-0.1, -0.05) is 26.3 Å². The number of guanidine groups is 1. The zero-order valence-corrected chi connectivity index (χ0v) is 20.7. The zero-order valence-electron chi connectivity index (χ0n) is 18.4. The van der Waals surface area contributed by atoms with Crippen molar-refractivity contribution in [2.45, 2.75) is 59.4 Å². The van der Waals surface area contributed by atoms with Crippen molar-refractivity contribution >= 4 is 35.8 Å². The maximum Gasteiger partial charge on any atom is 0.191 e. The summed E-state index contributed by atoms with van der Waals surface area (Å²) in [7, 11) is 0. The fraction of sp³-hybridized carbons (Fsp3) is 0.727. The molecule has 2 heterocycles. The van der Waals surface area contributed by atoms with Crippen LogP contribution in [0.15, 0.2) is 23.3 Å². The number of pyridine rings is 1. The van der Waals surface area contributed by atoms with E-state index in [0.717, 1.165) is 68.7 Å². The van der Waals surface area contributed by atoms with Crippen molar-refractivity contribution in [3.63, 3.8) is 0 Å². The fourth-order valence-corrected chi connectivity index (χ4v) is 3.63. The Labute approximate surface area is 194 Å². The van der Waals surface area contributed by atoms with Crippen LogP contribution in [0.1, 0.15) is 58.4 Å². The summed E-state index contributed by atoms with van der Waals surface area (Å²) in [4.78, 5) is 11.8. The monoisotopic (exact) mass is 517 g/mol. The quantitative estimate of drug-likeness (QED) is 0.250. The van der Waals surface area contributed by atoms with Crippen molar-refractivity contribution in [1.82, 2.24) is 15.6 Å². The molecular formula is C22H40IN5O. The minimum absolute atomic E-state index is 0. The molecule has 0 saturated carbocycles. The molecule has 1 fully saturated rings. The highest BCUT2D eigenvalue weighted by atomic mass is 127. The number of piperidine rings is 1. The van der Waals surface area contributed by atoms with Crippen LogP contribution >= 0.6 is 24.0 Å². The topological polar surface area (TPSA) is 72.8 Å². The largest absolute Gasteiger partial charge is 0.396 e. The van der Waals surface area contributed by atoms with Gasteiger partial charge in [-0.3, -0.25) is 0 Å². The van der Waals surface area contributed by atoms with Gasteiger partial charge < -0.3 is 20.6 Å². The van der Waals surface area contributed by atoms with Gasteiger partial charge in [-0.25, -0.2) is 9.98 Å². The molecule has 1 aliphatic heterocycles. The lowest BCUT2D eigenvalue weighted by Gasteiger charge is -2.31. The van der Waals surface area contributed by atoms with Gasteiger partial charge in [0.05, 0.1) is 6.54 Å². The molecule has 166 valence electrons. The van der Waals surface area contributed by atoms with Crippen LogP contribution in [0.3, 0.4) is 0 Å². The van der Waals surface area contributed by atoms with E-state index in [1.807, 2.05) is 6.20 Å². The van der Waals surface area contributed by atoms with E-state index in [9.17, 15) is 5.11 Å². The Kier molecular flexibility index (Phi) is 13.3. The second kappa shape index (κ2) is 14.8. The Balaban J connectivity index is 0.00000420. The summed E-state index contributed by atoms with van der Waals surface area (Å²) in [6, 6.07) is 4.26. The third-order valence-electron chi connectivity index (χ3n) is 5.47. The highest BCUT2D eigenvalue weighted by Crippen LogP contribution is 2.21. The van der Waals surface area contributed by atoms with Gasteiger partial charge in [-0.2, -0.15) is 0 Å². The number of rotatable bonds is 10. The van der Waals surface area contributed by atoms with E-state index in [2.05, 4.69) is 53.4 Å². The fourth-order valence-electron chi connectivity index (χ4n) is 3.63. The van der Waals surface area contributed by atoms with Crippen molar-refractivity contribution in [1.29, 1.82) is 0 Å². The summed E-state index contributed by atoms with van der Waals surface area (Å²) in [6.07, 6.45) is 7.54. The summed E-state index contributed by atoms with van der Waals surface area (Å²) in [5.41, 5.74) is 1.12. The third-order valence-corrected chi connectivity index (χ3v) is 5.47. The number of halogens is 1. The first-order chi connectivity index (χ1) is 13.7. The van der Waals surface area contributed by atoms with Crippen LogP contribution in [-0.2, 0) is 6.54 Å². The molecule has 0 bridgehead atoms. The Morgan fingerprint density at radius 2 is 2.00 bits per heavy atom. The Bertz CT molecular complexity index is 567. The molecule has 1 unspecified atom stereocenters. The van der Waals surface area contributed by atoms with Crippen molar-refractivity contribution in [2.75, 3.05) is 37.7 Å². The molecule has 0 aromatic carbocycles. The first kappa shape index (κ1) is 25.9. The first-order valence-electron chi connectivity index (χ1n) is 11.0. The highest BCUT2D eigenvalue weighted by molar-refractivity contribution is 14.0. The lowest BCUT2D eigenvalue weighted by Crippen LogP contribution is -2.40. The van der Waals surface area contributed by atoms with Gasteiger partial charge in [0.2, 0.25) is 0 Å². The number of aromatic nitrogens is 1. The van der Waals surface area contributed by atoms with E-state index in [1.165, 1.54) is 12.8 Å². The van der Waals surface area contributed by atoms with Crippen LogP contribution in [0.5, 0.6) is 0 Å². The lowest BCUT2D eigenvalue weighted by molar-refractivity contribution is 0.251. The second-order valence-corrected chi connectivity index (χ2v) is 7.94. The average molecular weight is 518 g/mol. The summed E-state index contributed by atoms with van der Waals surface area (Å²) in [5, 5.41) is 16.0. The van der Waals surface area contributed by atoms with Crippen LogP contribution < -0.4 is 15.5 Å². The minimum atomic E-state index is 0. The van der Waals surface area contributed by atoms with Gasteiger partial charge in [0.25, 0.3) is 0 Å². The number of nitrogens with one attached hydrogen (secondary N) is 2. The summed E-state index contributed by atoms with van der Waals surface area (Å²) >= 11 is 0. The molecule has 29 heavy (non-hydrogen) atoms. The molecule has 2 rings (SSSR count). The van der Waals surface area contributed by atoms with Crippen LogP contribution in [0.25, 0.3) is 0 Å². The number of nitrogens with zero attached hydrogens (tertiary/aromatic N) is 3. The molecule has 6 nitrogen and oxygen atoms in total. The molecule has 0 radical (unpaired) electrons. The molecule has 0 aliphatic carbocycles. The Morgan fingerprint density at radius 1 is 1.24 bits per heavy atom. The van der Waals surface area contributed by atoms with Gasteiger partial charge in [-0.15, -0.1) is 24.0 Å². The van der Waals surface area contributed by atoms with E-state index < -0.39 is 0 Å². The zero-order chi connectivity index (χ0) is 20.2. The maximum atomic E-state index is 9.23. The van der Waals surface area contributed by atoms with Gasteiger partial charge in [0, 0.05) is 39.0 Å². The average Bonchev–Trinajstić information content (AvgIpc) is 2.71. The molecular weight excluding hydrogens is 477 g/mol. The number of aliphatic hydroxyl groups excluding tert-OH is 1. The minimum Gasteiger partial charge on any atom is -0.396 e. The van der Waals surface area contributed by atoms with Crippen LogP contribution in [0, 0.1) is 11.8 Å². The van der Waals surface area contributed by atoms with Crippen molar-refractivity contribution in [2.24, 2.45) is 16.8 Å². The predicted molar refractivity (Wildman–Crippen MR) is 133 cm³/mol. The van der Waals surface area contributed by atoms with Gasteiger partial charge in [0.1, 0.15) is 5.82 Å². The second-order valence-electron chi connectivity index (χ2n) is 7.94. The summed E-state index contributed by atoms with van der Waals surface area (Å²) in [6.45, 7) is 11.3. The van der Waals surface area contributed by atoms with Gasteiger partial charge in [0.15, 0.2) is 5.96 Å². The maximum absolute atomic E-state index is 9.23. The number of aliphatic imine (C=N–C) groups is 1. The number of hydrogen-bond donors (Lipinski definition) is 3. The SMILES string of the molecule is CCCC(CCO)CNC(=NCc1ccc(N2CCC(C)CC2)nc1)NCC.I. The number of hydrogen-bond acceptors (Lipinski definition) is 4. The molecule has 7 heteroatoms. The van der Waals surface area contributed by atoms with E-state index in [4.69, 9.17) is 4.99 Å². The van der Waals surface area contributed by atoms with E-state index in [-0.39, 0.29) is 30.6 Å². The van der Waals surface area contributed by atoms with Crippen molar-refractivity contribution < 1.29 is 5.11 Å². The smallest absolute Gasteiger partial charge is 0.191 e. The van der Waals surface area contributed by atoms with Crippen molar-refractivity contribution in [3.05, 3.63) is 23.9 Å². The number of aliphatic hydroxyl groups is 1.